The van der Waals surface area contributed by atoms with Gasteiger partial charge in [0.1, 0.15) is 0 Å². The predicted octanol–water partition coefficient (Wildman–Crippen LogP) is 0.924. The normalized spacial score (nSPS) is 19.6. The molecule has 3 N–H and O–H groups in total. The summed E-state index contributed by atoms with van der Waals surface area (Å²) in [7, 11) is 0. The number of ether oxygens (including phenoxy) is 2. The second-order valence-electron chi connectivity index (χ2n) is 4.68. The van der Waals surface area contributed by atoms with Gasteiger partial charge in [-0.1, -0.05) is 0 Å². The summed E-state index contributed by atoms with van der Waals surface area (Å²) in [6.45, 7) is 0.248. The van der Waals surface area contributed by atoms with Crippen LogP contribution in [0.25, 0.3) is 0 Å². The number of hydrogen-bond donors (Lipinski definition) is 2. The number of aromatic nitrogens is 1. The number of carbonyl (C=O) groups excluding carboxylic acids is 1. The van der Waals surface area contributed by atoms with E-state index in [9.17, 15) is 4.79 Å². The molecule has 0 saturated carbocycles. The van der Waals surface area contributed by atoms with Crippen molar-refractivity contribution < 1.29 is 14.3 Å². The molecule has 2 aromatic rings. The summed E-state index contributed by atoms with van der Waals surface area (Å²) >= 11 is 0.00404. The average Bonchev–Trinajstić information content (AvgIpc) is 3.01. The van der Waals surface area contributed by atoms with Gasteiger partial charge in [-0.25, -0.2) is 0 Å². The van der Waals surface area contributed by atoms with E-state index in [0.717, 1.165) is 21.5 Å². The Hall–Kier alpha value is -1.98. The van der Waals surface area contributed by atoms with Crippen LogP contribution in [-0.4, -0.2) is 32.2 Å². The molecule has 6 nitrogen and oxygen atoms in total. The van der Waals surface area contributed by atoms with Crippen LogP contribution in [0.4, 0.5) is 10.5 Å². The van der Waals surface area contributed by atoms with Crippen LogP contribution in [0.2, 0.25) is 0 Å². The van der Waals surface area contributed by atoms with E-state index in [-0.39, 0.29) is 33.1 Å². The van der Waals surface area contributed by atoms with E-state index in [4.69, 9.17) is 15.2 Å². The molecule has 1 atom stereocenters. The van der Waals surface area contributed by atoms with Gasteiger partial charge in [0.15, 0.2) is 0 Å². The number of fused-ring (bicyclic) bond motifs is 2. The Morgan fingerprint density at radius 3 is 3.10 bits per heavy atom. The van der Waals surface area contributed by atoms with E-state index in [1.54, 1.807) is 0 Å². The quantitative estimate of drug-likeness (QED) is 0.757. The molecule has 102 valence electrons. The Morgan fingerprint density at radius 1 is 1.35 bits per heavy atom. The second-order valence-corrected chi connectivity index (χ2v) is 6.91. The number of amides is 1. The van der Waals surface area contributed by atoms with Crippen molar-refractivity contribution >= 4 is 30.9 Å². The summed E-state index contributed by atoms with van der Waals surface area (Å²) in [6.07, 6.45) is 0.420. The first-order chi connectivity index (χ1) is 9.70. The molecule has 1 aromatic heterocycles. The molecule has 0 aliphatic carbocycles. The zero-order chi connectivity index (χ0) is 13.7. The molecule has 7 heteroatoms. The van der Waals surface area contributed by atoms with Gasteiger partial charge < -0.3 is 0 Å². The van der Waals surface area contributed by atoms with E-state index >= 15 is 0 Å². The van der Waals surface area contributed by atoms with Crippen LogP contribution in [0.5, 0.6) is 11.5 Å². The number of nitrogen functional groups attached to an aromatic ring is 1. The monoisotopic (exact) mass is 337 g/mol. The first-order valence-electron chi connectivity index (χ1n) is 6.16. The topological polar surface area (TPSA) is 86.5 Å². The van der Waals surface area contributed by atoms with Gasteiger partial charge in [-0.3, -0.25) is 0 Å². The van der Waals surface area contributed by atoms with Crippen LogP contribution in [0.1, 0.15) is 22.3 Å². The summed E-state index contributed by atoms with van der Waals surface area (Å²) in [6, 6.07) is 5.81. The Labute approximate surface area is 120 Å². The molecule has 3 heterocycles. The van der Waals surface area contributed by atoms with Crippen LogP contribution in [0.15, 0.2) is 18.2 Å². The molecule has 1 aromatic carbocycles. The van der Waals surface area contributed by atoms with Crippen molar-refractivity contribution in [3.05, 3.63) is 28.2 Å². The van der Waals surface area contributed by atoms with Gasteiger partial charge >= 0.3 is 120 Å². The summed E-state index contributed by atoms with van der Waals surface area (Å²) < 4.78 is 12.5. The molecular formula is C13H11N3O3Se. The van der Waals surface area contributed by atoms with E-state index < -0.39 is 0 Å². The molecule has 1 unspecified atom stereocenters. The molecule has 0 fully saturated rings. The van der Waals surface area contributed by atoms with Gasteiger partial charge in [0, 0.05) is 0 Å². The van der Waals surface area contributed by atoms with E-state index in [2.05, 4.69) is 10.3 Å². The van der Waals surface area contributed by atoms with Crippen molar-refractivity contribution in [2.75, 3.05) is 17.8 Å². The second kappa shape index (κ2) is 4.26. The predicted molar refractivity (Wildman–Crippen MR) is 73.2 cm³/mol. The third kappa shape index (κ3) is 1.78. The molecule has 2 aliphatic rings. The fourth-order valence-electron chi connectivity index (χ4n) is 2.54. The van der Waals surface area contributed by atoms with Crippen molar-refractivity contribution in [2.45, 2.75) is 12.3 Å². The fourth-order valence-corrected chi connectivity index (χ4v) is 4.46. The molecular weight excluding hydrogens is 325 g/mol. The van der Waals surface area contributed by atoms with E-state index in [0.29, 0.717) is 16.9 Å². The van der Waals surface area contributed by atoms with Crippen molar-refractivity contribution in [2.24, 2.45) is 0 Å². The van der Waals surface area contributed by atoms with Gasteiger partial charge in [0.2, 0.25) is 0 Å². The van der Waals surface area contributed by atoms with Gasteiger partial charge in [0.25, 0.3) is 0 Å². The molecule has 20 heavy (non-hydrogen) atoms. The van der Waals surface area contributed by atoms with Gasteiger partial charge in [0.05, 0.1) is 0 Å². The first kappa shape index (κ1) is 11.8. The standard InChI is InChI=1S/C13H11N3O3Se/c14-13-16-12-11(20-13)7(4-10(17)15-12)6-1-2-8-9(3-6)19-5-18-8/h1-3,7H,4-5H2,(H2,14,16)(H,15,17). The van der Waals surface area contributed by atoms with Crippen molar-refractivity contribution in [1.29, 1.82) is 0 Å². The minimum atomic E-state index is -0.0272. The summed E-state index contributed by atoms with van der Waals surface area (Å²) in [5.74, 6) is 2.12. The molecule has 2 aliphatic heterocycles. The third-order valence-electron chi connectivity index (χ3n) is 3.43. The summed E-state index contributed by atoms with van der Waals surface area (Å²) in [4.78, 5) is 16.0. The minimum absolute atomic E-state index is 0.00404. The first-order valence-corrected chi connectivity index (χ1v) is 7.87. The number of hydrogen-bond acceptors (Lipinski definition) is 5. The zero-order valence-electron chi connectivity index (χ0n) is 10.4. The van der Waals surface area contributed by atoms with Gasteiger partial charge in [-0.05, 0) is 0 Å². The fraction of sp³-hybridized carbons (Fsp3) is 0.231. The Kier molecular flexibility index (Phi) is 2.52. The average molecular weight is 336 g/mol. The number of nitrogens with zero attached hydrogens (tertiary/aromatic N) is 1. The van der Waals surface area contributed by atoms with Gasteiger partial charge in [-0.15, -0.1) is 0 Å². The SMILES string of the molecule is Nc1nc2c([se]1)C(c1ccc3c(c1)OCO3)CC(=O)N2. The number of nitrogens with one attached hydrogen (secondary N) is 1. The van der Waals surface area contributed by atoms with Crippen molar-refractivity contribution in [1.82, 2.24) is 4.98 Å². The van der Waals surface area contributed by atoms with E-state index in [1.165, 1.54) is 0 Å². The molecule has 1 amide bonds. The van der Waals surface area contributed by atoms with Crippen LogP contribution < -0.4 is 20.5 Å². The number of carbonyl (C=O) groups is 1. The third-order valence-corrected chi connectivity index (χ3v) is 5.53. The van der Waals surface area contributed by atoms with Crippen LogP contribution in [0.3, 0.4) is 0 Å². The number of nitrogens with two attached hydrogens (primary N) is 1. The van der Waals surface area contributed by atoms with Crippen LogP contribution >= 0.6 is 0 Å². The summed E-state index contributed by atoms with van der Waals surface area (Å²) in [5, 5.41) is 2.79. The molecule has 0 spiro atoms. The van der Waals surface area contributed by atoms with Crippen LogP contribution in [0, 0.1) is 0 Å². The van der Waals surface area contributed by atoms with Crippen LogP contribution in [-0.2, 0) is 4.79 Å². The molecule has 0 bridgehead atoms. The maximum absolute atomic E-state index is 11.8. The zero-order valence-corrected chi connectivity index (χ0v) is 12.1. The Morgan fingerprint density at radius 2 is 2.20 bits per heavy atom. The Balaban J connectivity index is 1.80. The number of benzene rings is 1. The number of rotatable bonds is 1. The van der Waals surface area contributed by atoms with Gasteiger partial charge in [-0.2, -0.15) is 0 Å². The van der Waals surface area contributed by atoms with Crippen molar-refractivity contribution in [3.63, 3.8) is 0 Å². The van der Waals surface area contributed by atoms with E-state index in [1.807, 2.05) is 18.2 Å². The Bertz CT molecular complexity index is 713. The molecule has 0 radical (unpaired) electrons. The summed E-state index contributed by atoms with van der Waals surface area (Å²) in [5.41, 5.74) is 6.86. The maximum atomic E-state index is 11.8. The molecule has 0 saturated heterocycles. The molecule has 4 rings (SSSR count). The number of anilines is 2. The van der Waals surface area contributed by atoms with Crippen molar-refractivity contribution in [3.8, 4) is 11.5 Å².